The molecule has 0 fully saturated rings. The van der Waals surface area contributed by atoms with Crippen molar-refractivity contribution in [1.82, 2.24) is 4.31 Å². The first kappa shape index (κ1) is 22.0. The minimum Gasteiger partial charge on any atom is -0.497 e. The van der Waals surface area contributed by atoms with Gasteiger partial charge in [-0.05, 0) is 42.5 Å². The molecule has 2 rings (SSSR count). The normalized spacial score (nSPS) is 12.1. The first-order chi connectivity index (χ1) is 12.9. The van der Waals surface area contributed by atoms with E-state index in [0.717, 1.165) is 17.4 Å². The number of nitrogens with one attached hydrogen (secondary N) is 1. The number of ether oxygens (including phenoxy) is 1. The monoisotopic (exact) mass is 436 g/mol. The van der Waals surface area contributed by atoms with Crippen molar-refractivity contribution in [3.63, 3.8) is 0 Å². The van der Waals surface area contributed by atoms with Gasteiger partial charge in [-0.15, -0.1) is 0 Å². The molecule has 0 spiro atoms. The lowest BCUT2D eigenvalue weighted by molar-refractivity contribution is -0.137. The first-order valence-electron chi connectivity index (χ1n) is 7.72. The van der Waals surface area contributed by atoms with E-state index in [1.54, 1.807) is 0 Å². The molecule has 2 aromatic rings. The number of hydrogen-bond acceptors (Lipinski definition) is 4. The van der Waals surface area contributed by atoms with Crippen LogP contribution in [-0.2, 0) is 21.0 Å². The summed E-state index contributed by atoms with van der Waals surface area (Å²) in [6.07, 6.45) is -4.74. The quantitative estimate of drug-likeness (QED) is 0.750. The maximum absolute atomic E-state index is 13.1. The van der Waals surface area contributed by atoms with E-state index >= 15 is 0 Å². The summed E-state index contributed by atoms with van der Waals surface area (Å²) in [5, 5.41) is 1.92. The van der Waals surface area contributed by atoms with Crippen molar-refractivity contribution in [2.45, 2.75) is 11.1 Å². The van der Waals surface area contributed by atoms with E-state index in [4.69, 9.17) is 16.3 Å². The molecule has 0 saturated heterocycles. The molecule has 6 nitrogen and oxygen atoms in total. The Labute approximate surface area is 164 Å². The van der Waals surface area contributed by atoms with Gasteiger partial charge in [-0.25, -0.2) is 8.42 Å². The van der Waals surface area contributed by atoms with E-state index in [2.05, 4.69) is 5.32 Å². The Morgan fingerprint density at radius 3 is 2.32 bits per heavy atom. The average Bonchev–Trinajstić information content (AvgIpc) is 2.62. The van der Waals surface area contributed by atoms with Crippen molar-refractivity contribution in [3.05, 3.63) is 53.1 Å². The largest absolute Gasteiger partial charge is 0.497 e. The second-order valence-electron chi connectivity index (χ2n) is 5.67. The highest BCUT2D eigenvalue weighted by molar-refractivity contribution is 7.89. The lowest BCUT2D eigenvalue weighted by Gasteiger charge is -2.18. The molecule has 0 bridgehead atoms. The number of alkyl halides is 3. The number of hydrogen-bond donors (Lipinski definition) is 1. The van der Waals surface area contributed by atoms with E-state index in [9.17, 15) is 26.4 Å². The van der Waals surface area contributed by atoms with Crippen molar-refractivity contribution in [1.29, 1.82) is 0 Å². The molecule has 0 aliphatic carbocycles. The van der Waals surface area contributed by atoms with Gasteiger partial charge in [0.05, 0.1) is 29.8 Å². The zero-order chi connectivity index (χ0) is 21.1. The van der Waals surface area contributed by atoms with Gasteiger partial charge >= 0.3 is 6.18 Å². The topological polar surface area (TPSA) is 75.7 Å². The summed E-state index contributed by atoms with van der Waals surface area (Å²) >= 11 is 5.58. The molecule has 0 aliphatic rings. The summed E-state index contributed by atoms with van der Waals surface area (Å²) in [6, 6.07) is 8.32. The van der Waals surface area contributed by atoms with Crippen LogP contribution >= 0.6 is 11.6 Å². The molecule has 1 amide bonds. The number of anilines is 1. The molecule has 11 heteroatoms. The summed E-state index contributed by atoms with van der Waals surface area (Å²) in [5.74, 6) is -0.492. The molecule has 0 aromatic heterocycles. The molecule has 0 saturated carbocycles. The molecule has 152 valence electrons. The maximum Gasteiger partial charge on any atom is 0.418 e. The van der Waals surface area contributed by atoms with E-state index in [1.165, 1.54) is 37.4 Å². The number of benzene rings is 2. The summed E-state index contributed by atoms with van der Waals surface area (Å²) in [7, 11) is -1.46. The highest BCUT2D eigenvalue weighted by Gasteiger charge is 2.34. The minimum absolute atomic E-state index is 0.0916. The number of sulfonamides is 1. The van der Waals surface area contributed by atoms with Gasteiger partial charge in [0.15, 0.2) is 0 Å². The highest BCUT2D eigenvalue weighted by Crippen LogP contribution is 2.36. The number of rotatable bonds is 6. The minimum atomic E-state index is -4.74. The Morgan fingerprint density at radius 1 is 1.18 bits per heavy atom. The molecule has 28 heavy (non-hydrogen) atoms. The van der Waals surface area contributed by atoms with Crippen LogP contribution in [0.15, 0.2) is 47.4 Å². The zero-order valence-corrected chi connectivity index (χ0v) is 16.3. The van der Waals surface area contributed by atoms with Crippen molar-refractivity contribution in [3.8, 4) is 5.75 Å². The van der Waals surface area contributed by atoms with Gasteiger partial charge in [0.2, 0.25) is 15.9 Å². The Hall–Kier alpha value is -2.30. The second kappa shape index (κ2) is 8.38. The molecular weight excluding hydrogens is 421 g/mol. The van der Waals surface area contributed by atoms with Crippen LogP contribution in [0.3, 0.4) is 0 Å². The smallest absolute Gasteiger partial charge is 0.418 e. The number of nitrogens with zero attached hydrogens (tertiary/aromatic N) is 1. The number of methoxy groups -OCH3 is 1. The highest BCUT2D eigenvalue weighted by atomic mass is 35.5. The number of carbonyl (C=O) groups is 1. The van der Waals surface area contributed by atoms with Crippen LogP contribution in [0.25, 0.3) is 0 Å². The van der Waals surface area contributed by atoms with Crippen LogP contribution in [0.1, 0.15) is 5.56 Å². The van der Waals surface area contributed by atoms with Gasteiger partial charge in [0, 0.05) is 12.1 Å². The zero-order valence-electron chi connectivity index (χ0n) is 14.7. The molecule has 0 unspecified atom stereocenters. The predicted molar refractivity (Wildman–Crippen MR) is 97.9 cm³/mol. The van der Waals surface area contributed by atoms with Gasteiger partial charge in [-0.1, -0.05) is 11.6 Å². The van der Waals surface area contributed by atoms with Gasteiger partial charge < -0.3 is 10.1 Å². The number of amides is 1. The Kier molecular flexibility index (Phi) is 6.58. The second-order valence-corrected chi connectivity index (χ2v) is 8.15. The molecule has 1 N–H and O–H groups in total. The third-order valence-corrected chi connectivity index (χ3v) is 5.75. The van der Waals surface area contributed by atoms with Crippen molar-refractivity contribution >= 4 is 33.2 Å². The lowest BCUT2D eigenvalue weighted by Crippen LogP contribution is -2.35. The Balaban J connectivity index is 2.16. The van der Waals surface area contributed by atoms with Crippen LogP contribution in [0.5, 0.6) is 5.75 Å². The summed E-state index contributed by atoms with van der Waals surface area (Å²) < 4.78 is 69.9. The molecule has 0 radical (unpaired) electrons. The molecule has 0 heterocycles. The van der Waals surface area contributed by atoms with E-state index in [0.29, 0.717) is 11.8 Å². The summed E-state index contributed by atoms with van der Waals surface area (Å²) in [4.78, 5) is 12.0. The first-order valence-corrected chi connectivity index (χ1v) is 9.54. The SMILES string of the molecule is COc1ccc(S(=O)(=O)N(C)CC(=O)Nc2ccc(Cl)cc2C(F)(F)F)cc1. The van der Waals surface area contributed by atoms with Crippen LogP contribution in [0.4, 0.5) is 18.9 Å². The summed E-state index contributed by atoms with van der Waals surface area (Å²) in [5.41, 5.74) is -1.65. The van der Waals surface area contributed by atoms with Gasteiger partial charge in [-0.3, -0.25) is 4.79 Å². The van der Waals surface area contributed by atoms with Gasteiger partial charge in [0.25, 0.3) is 0 Å². The third-order valence-electron chi connectivity index (χ3n) is 3.69. The number of likely N-dealkylation sites (N-methyl/N-ethyl adjacent to an activating group) is 1. The van der Waals surface area contributed by atoms with Gasteiger partial charge in [0.1, 0.15) is 5.75 Å². The molecular formula is C17H16ClF3N2O4S. The van der Waals surface area contributed by atoms with Crippen LogP contribution in [-0.4, -0.2) is 39.3 Å². The number of carbonyl (C=O) groups excluding carboxylic acids is 1. The van der Waals surface area contributed by atoms with Gasteiger partial charge in [-0.2, -0.15) is 17.5 Å². The fourth-order valence-electron chi connectivity index (χ4n) is 2.26. The standard InChI is InChI=1S/C17H16ClF3N2O4S/c1-23(28(25,26)13-6-4-12(27-2)5-7-13)10-16(24)22-15-8-3-11(18)9-14(15)17(19,20)21/h3-9H,10H2,1-2H3,(H,22,24). The van der Waals surface area contributed by atoms with Crippen molar-refractivity contribution in [2.24, 2.45) is 0 Å². The van der Waals surface area contributed by atoms with E-state index in [-0.39, 0.29) is 9.92 Å². The fraction of sp³-hybridized carbons (Fsp3) is 0.235. The third kappa shape index (κ3) is 5.15. The van der Waals surface area contributed by atoms with Crippen molar-refractivity contribution in [2.75, 3.05) is 26.0 Å². The van der Waals surface area contributed by atoms with Crippen LogP contribution in [0, 0.1) is 0 Å². The lowest BCUT2D eigenvalue weighted by atomic mass is 10.1. The van der Waals surface area contributed by atoms with E-state index in [1.807, 2.05) is 0 Å². The molecule has 2 aromatic carbocycles. The average molecular weight is 437 g/mol. The van der Waals surface area contributed by atoms with Crippen LogP contribution in [0.2, 0.25) is 5.02 Å². The summed E-state index contributed by atoms with van der Waals surface area (Å²) in [6.45, 7) is -0.686. The predicted octanol–water partition coefficient (Wildman–Crippen LogP) is 3.63. The fourth-order valence-corrected chi connectivity index (χ4v) is 3.56. The molecule has 0 aliphatic heterocycles. The number of halogens is 4. The van der Waals surface area contributed by atoms with Crippen molar-refractivity contribution < 1.29 is 31.1 Å². The molecule has 0 atom stereocenters. The van der Waals surface area contributed by atoms with E-state index < -0.39 is 39.9 Å². The Morgan fingerprint density at radius 2 is 1.79 bits per heavy atom. The van der Waals surface area contributed by atoms with Crippen LogP contribution < -0.4 is 10.1 Å². The Bertz CT molecular complexity index is 963. The maximum atomic E-state index is 13.1.